The molecule has 0 amide bonds. The Kier molecular flexibility index (Phi) is 5.29. The third kappa shape index (κ3) is 3.04. The Balaban J connectivity index is 3.35. The van der Waals surface area contributed by atoms with Crippen molar-refractivity contribution in [2.75, 3.05) is 11.1 Å². The van der Waals surface area contributed by atoms with Gasteiger partial charge in [0.05, 0.1) is 0 Å². The van der Waals surface area contributed by atoms with Gasteiger partial charge in [-0.15, -0.1) is 0 Å². The van der Waals surface area contributed by atoms with E-state index in [4.69, 9.17) is 0 Å². The van der Waals surface area contributed by atoms with Gasteiger partial charge >= 0.3 is 0 Å². The van der Waals surface area contributed by atoms with Crippen molar-refractivity contribution in [1.82, 2.24) is 4.57 Å². The molecule has 0 spiro atoms. The van der Waals surface area contributed by atoms with Crippen molar-refractivity contribution >= 4 is 31.5 Å². The van der Waals surface area contributed by atoms with E-state index in [0.29, 0.717) is 0 Å². The molecular weight excluding hydrogens is 229 g/mol. The van der Waals surface area contributed by atoms with E-state index in [1.807, 2.05) is 0 Å². The fourth-order valence-electron chi connectivity index (χ4n) is 0.588. The Morgan fingerprint density at radius 3 is 2.00 bits per heavy atom. The molecule has 50 valence electrons. The minimum atomic E-state index is -0.460. The Bertz CT molecular complexity index is 54.4. The Hall–Kier alpha value is 0.907. The Labute approximate surface area is 67.3 Å². The van der Waals surface area contributed by atoms with Crippen LogP contribution < -0.4 is 0 Å². The smallest absolute Gasteiger partial charge is 0.106 e. The van der Waals surface area contributed by atoms with Gasteiger partial charge in [-0.1, -0.05) is 42.6 Å². The van der Waals surface area contributed by atoms with Crippen molar-refractivity contribution in [3.8, 4) is 0 Å². The number of hydrogen-bond acceptors (Lipinski definition) is 1. The molecule has 0 aliphatic heterocycles. The maximum Gasteiger partial charge on any atom is 0.106 e. The summed E-state index contributed by atoms with van der Waals surface area (Å²) in [5.41, 5.74) is 0. The second-order valence-corrected chi connectivity index (χ2v) is 5.72. The van der Waals surface area contributed by atoms with Crippen molar-refractivity contribution in [3.05, 3.63) is 0 Å². The van der Waals surface area contributed by atoms with Gasteiger partial charge in [-0.05, 0) is 6.54 Å². The molecule has 0 aliphatic carbocycles. The van der Waals surface area contributed by atoms with Gasteiger partial charge in [0.2, 0.25) is 0 Å². The molecule has 0 saturated heterocycles. The van der Waals surface area contributed by atoms with E-state index >= 15 is 0 Å². The molecule has 0 N–H and O–H groups in total. The molecule has 0 fully saturated rings. The lowest BCUT2D eigenvalue weighted by atomic mass is 10.8. The van der Waals surface area contributed by atoms with Crippen LogP contribution in [0.1, 0.15) is 6.92 Å². The topological polar surface area (TPSA) is 3.24 Å². The molecule has 0 radical (unpaired) electrons. The molecule has 1 nitrogen and oxygen atoms in total. The van der Waals surface area contributed by atoms with Crippen LogP contribution in [0.25, 0.3) is 0 Å². The van der Waals surface area contributed by atoms with Crippen LogP contribution in [0, 0.1) is 0 Å². The Morgan fingerprint density at radius 1 is 1.50 bits per heavy atom. The largest absolute Gasteiger partial charge is 0.319 e. The molecule has 0 aliphatic rings. The fourth-order valence-corrected chi connectivity index (χ4v) is 4.44. The standard InChI is InChI=1S/C5H14INSi/c1-4-7(5-6)8(2)3/h8H,4-5H2,1-3H3. The van der Waals surface area contributed by atoms with Gasteiger partial charge in [0.1, 0.15) is 8.96 Å². The average Bonchev–Trinajstić information content (AvgIpc) is 1.69. The molecule has 3 heteroatoms. The van der Waals surface area contributed by atoms with Gasteiger partial charge in [-0.25, -0.2) is 0 Å². The van der Waals surface area contributed by atoms with Gasteiger partial charge in [0, 0.05) is 4.55 Å². The molecule has 0 bridgehead atoms. The van der Waals surface area contributed by atoms with E-state index in [2.05, 4.69) is 47.2 Å². The minimum Gasteiger partial charge on any atom is -0.319 e. The van der Waals surface area contributed by atoms with Crippen LogP contribution in [0.3, 0.4) is 0 Å². The monoisotopic (exact) mass is 243 g/mol. The number of hydrogen-bond donors (Lipinski definition) is 0. The third-order valence-electron chi connectivity index (χ3n) is 1.29. The first-order chi connectivity index (χ1) is 3.72. The second-order valence-electron chi connectivity index (χ2n) is 2.12. The molecular formula is C5H14INSi. The van der Waals surface area contributed by atoms with Gasteiger partial charge in [0.15, 0.2) is 0 Å². The van der Waals surface area contributed by atoms with Gasteiger partial charge < -0.3 is 4.57 Å². The van der Waals surface area contributed by atoms with Crippen molar-refractivity contribution in [3.63, 3.8) is 0 Å². The van der Waals surface area contributed by atoms with Crippen LogP contribution >= 0.6 is 22.6 Å². The van der Waals surface area contributed by atoms with Crippen LogP contribution in [0.15, 0.2) is 0 Å². The number of nitrogens with zero attached hydrogens (tertiary/aromatic N) is 1. The first-order valence-electron chi connectivity index (χ1n) is 3.02. The molecule has 0 saturated carbocycles. The summed E-state index contributed by atoms with van der Waals surface area (Å²) in [4.78, 5) is 0. The summed E-state index contributed by atoms with van der Waals surface area (Å²) in [7, 11) is -0.460. The van der Waals surface area contributed by atoms with Crippen molar-refractivity contribution in [1.29, 1.82) is 0 Å². The van der Waals surface area contributed by atoms with E-state index in [-0.39, 0.29) is 0 Å². The second kappa shape index (κ2) is 4.75. The molecule has 0 atom stereocenters. The van der Waals surface area contributed by atoms with Crippen LogP contribution in [-0.4, -0.2) is 24.6 Å². The molecule has 0 unspecified atom stereocenters. The number of halogens is 1. The van der Waals surface area contributed by atoms with Gasteiger partial charge in [-0.3, -0.25) is 0 Å². The van der Waals surface area contributed by atoms with E-state index < -0.39 is 8.96 Å². The lowest BCUT2D eigenvalue weighted by Gasteiger charge is -2.20. The van der Waals surface area contributed by atoms with Crippen LogP contribution in [0.5, 0.6) is 0 Å². The summed E-state index contributed by atoms with van der Waals surface area (Å²) in [5.74, 6) is 0. The average molecular weight is 243 g/mol. The molecule has 0 aromatic rings. The zero-order valence-corrected chi connectivity index (χ0v) is 9.13. The summed E-state index contributed by atoms with van der Waals surface area (Å²) in [5, 5.41) is 0. The molecule has 8 heavy (non-hydrogen) atoms. The number of alkyl halides is 1. The fraction of sp³-hybridized carbons (Fsp3) is 1.00. The highest BCUT2D eigenvalue weighted by Gasteiger charge is 2.03. The first kappa shape index (κ1) is 8.91. The SMILES string of the molecule is CCN(CI)[SiH](C)C. The Morgan fingerprint density at radius 2 is 2.00 bits per heavy atom. The van der Waals surface area contributed by atoms with Crippen molar-refractivity contribution in [2.24, 2.45) is 0 Å². The maximum absolute atomic E-state index is 2.54. The highest BCUT2D eigenvalue weighted by molar-refractivity contribution is 14.1. The minimum absolute atomic E-state index is 0.460. The lowest BCUT2D eigenvalue weighted by Crippen LogP contribution is -2.32. The van der Waals surface area contributed by atoms with Crippen LogP contribution in [-0.2, 0) is 0 Å². The summed E-state index contributed by atoms with van der Waals surface area (Å²) < 4.78 is 3.75. The lowest BCUT2D eigenvalue weighted by molar-refractivity contribution is 0.547. The van der Waals surface area contributed by atoms with Gasteiger partial charge in [0.25, 0.3) is 0 Å². The quantitative estimate of drug-likeness (QED) is 0.315. The highest BCUT2D eigenvalue weighted by atomic mass is 127. The summed E-state index contributed by atoms with van der Waals surface area (Å²) >= 11 is 2.43. The summed E-state index contributed by atoms with van der Waals surface area (Å²) in [6.45, 7) is 8.18. The van der Waals surface area contributed by atoms with Crippen molar-refractivity contribution in [2.45, 2.75) is 20.0 Å². The van der Waals surface area contributed by atoms with E-state index in [1.165, 1.54) is 11.1 Å². The first-order valence-corrected chi connectivity index (χ1v) is 7.37. The summed E-state index contributed by atoms with van der Waals surface area (Å²) in [6, 6.07) is 0. The summed E-state index contributed by atoms with van der Waals surface area (Å²) in [6.07, 6.45) is 0. The molecule has 0 aromatic carbocycles. The van der Waals surface area contributed by atoms with Crippen LogP contribution in [0.4, 0.5) is 0 Å². The van der Waals surface area contributed by atoms with Crippen molar-refractivity contribution < 1.29 is 0 Å². The van der Waals surface area contributed by atoms with Gasteiger partial charge in [-0.2, -0.15) is 0 Å². The zero-order chi connectivity index (χ0) is 6.57. The van der Waals surface area contributed by atoms with E-state index in [0.717, 1.165) is 0 Å². The predicted octanol–water partition coefficient (Wildman–Crippen LogP) is 1.68. The van der Waals surface area contributed by atoms with Crippen LogP contribution in [0.2, 0.25) is 13.1 Å². The molecule has 0 rings (SSSR count). The van der Waals surface area contributed by atoms with E-state index in [9.17, 15) is 0 Å². The predicted molar refractivity (Wildman–Crippen MR) is 50.1 cm³/mol. The highest BCUT2D eigenvalue weighted by Crippen LogP contribution is 1.96. The normalized spacial score (nSPS) is 11.2. The molecule has 0 heterocycles. The maximum atomic E-state index is 2.54. The zero-order valence-electron chi connectivity index (χ0n) is 5.82. The molecule has 0 aromatic heterocycles. The van der Waals surface area contributed by atoms with E-state index in [1.54, 1.807) is 0 Å². The third-order valence-corrected chi connectivity index (χ3v) is 4.92. The number of rotatable bonds is 3.